The highest BCUT2D eigenvalue weighted by Crippen LogP contribution is 2.32. The fourth-order valence-electron chi connectivity index (χ4n) is 4.36. The van der Waals surface area contributed by atoms with Crippen molar-refractivity contribution >= 4 is 41.6 Å². The minimum atomic E-state index is -4.19. The number of piperidine rings is 2. The Labute approximate surface area is 214 Å². The Morgan fingerprint density at radius 3 is 1.67 bits per heavy atom. The highest BCUT2D eigenvalue weighted by atomic mass is 32.2. The summed E-state index contributed by atoms with van der Waals surface area (Å²) >= 11 is 0. The fourth-order valence-corrected chi connectivity index (χ4v) is 8.48. The molecule has 4 rings (SSSR count). The van der Waals surface area contributed by atoms with Crippen LogP contribution in [0, 0.1) is 6.92 Å². The fraction of sp³-hybridized carbons (Fsp3) is 0.478. The van der Waals surface area contributed by atoms with Crippen molar-refractivity contribution in [1.82, 2.24) is 8.61 Å². The van der Waals surface area contributed by atoms with Gasteiger partial charge in [0.2, 0.25) is 9.84 Å². The first kappa shape index (κ1) is 26.9. The summed E-state index contributed by atoms with van der Waals surface area (Å²) in [4.78, 5) is -0.353. The van der Waals surface area contributed by atoms with E-state index in [1.807, 2.05) is 6.92 Å². The summed E-state index contributed by atoms with van der Waals surface area (Å²) in [6.07, 6.45) is 4.86. The quantitative estimate of drug-likeness (QED) is 0.513. The van der Waals surface area contributed by atoms with Crippen LogP contribution in [0.4, 0.5) is 11.4 Å². The number of sulfone groups is 1. The molecule has 0 spiro atoms. The molecule has 2 heterocycles. The van der Waals surface area contributed by atoms with Gasteiger partial charge in [-0.15, -0.1) is 0 Å². The molecule has 10 nitrogen and oxygen atoms in total. The lowest BCUT2D eigenvalue weighted by Crippen LogP contribution is -2.40. The SMILES string of the molecule is Cc1ccc(S(=O)(=O)c2cc(NS(=O)(=O)N3CCCCC3)ccc2NS(=O)(=O)N2CCCCC2)cc1. The highest BCUT2D eigenvalue weighted by molar-refractivity contribution is 7.92. The monoisotopic (exact) mass is 556 g/mol. The summed E-state index contributed by atoms with van der Waals surface area (Å²) in [6.45, 7) is 3.30. The number of rotatable bonds is 8. The Morgan fingerprint density at radius 2 is 1.14 bits per heavy atom. The van der Waals surface area contributed by atoms with E-state index in [9.17, 15) is 25.3 Å². The molecule has 0 bridgehead atoms. The van der Waals surface area contributed by atoms with E-state index in [4.69, 9.17) is 0 Å². The van der Waals surface area contributed by atoms with E-state index >= 15 is 0 Å². The zero-order chi connectivity index (χ0) is 26.0. The predicted molar refractivity (Wildman–Crippen MR) is 139 cm³/mol. The van der Waals surface area contributed by atoms with E-state index in [0.717, 1.165) is 44.1 Å². The van der Waals surface area contributed by atoms with Gasteiger partial charge in [0, 0.05) is 26.2 Å². The molecule has 0 aliphatic carbocycles. The Kier molecular flexibility index (Phi) is 7.95. The first-order chi connectivity index (χ1) is 17.0. The molecule has 36 heavy (non-hydrogen) atoms. The van der Waals surface area contributed by atoms with Crippen molar-refractivity contribution in [1.29, 1.82) is 0 Å². The van der Waals surface area contributed by atoms with E-state index in [2.05, 4.69) is 9.44 Å². The lowest BCUT2D eigenvalue weighted by atomic mass is 10.2. The van der Waals surface area contributed by atoms with Crippen LogP contribution in [0.5, 0.6) is 0 Å². The van der Waals surface area contributed by atoms with Crippen molar-refractivity contribution in [2.75, 3.05) is 35.6 Å². The van der Waals surface area contributed by atoms with Gasteiger partial charge in [0.15, 0.2) is 0 Å². The van der Waals surface area contributed by atoms with Gasteiger partial charge in [0.25, 0.3) is 0 Å². The molecular formula is C23H32N4O6S3. The zero-order valence-corrected chi connectivity index (χ0v) is 22.6. The zero-order valence-electron chi connectivity index (χ0n) is 20.2. The molecular weight excluding hydrogens is 524 g/mol. The molecule has 2 aromatic carbocycles. The number of nitrogens with zero attached hydrogens (tertiary/aromatic N) is 2. The molecule has 0 atom stereocenters. The van der Waals surface area contributed by atoms with E-state index in [1.54, 1.807) is 12.1 Å². The maximum absolute atomic E-state index is 13.6. The molecule has 0 radical (unpaired) electrons. The van der Waals surface area contributed by atoms with Crippen LogP contribution >= 0.6 is 0 Å². The molecule has 2 N–H and O–H groups in total. The number of aryl methyl sites for hydroxylation is 1. The summed E-state index contributed by atoms with van der Waals surface area (Å²) < 4.78 is 86.6. The molecule has 0 amide bonds. The summed E-state index contributed by atoms with van der Waals surface area (Å²) in [6, 6.07) is 10.0. The van der Waals surface area contributed by atoms with Gasteiger partial charge in [0.05, 0.1) is 21.2 Å². The third-order valence-electron chi connectivity index (χ3n) is 6.40. The normalized spacial score (nSPS) is 18.6. The van der Waals surface area contributed by atoms with Crippen LogP contribution < -0.4 is 9.44 Å². The van der Waals surface area contributed by atoms with Crippen LogP contribution in [0.3, 0.4) is 0 Å². The average Bonchev–Trinajstić information content (AvgIpc) is 2.86. The second-order valence-electron chi connectivity index (χ2n) is 9.16. The molecule has 0 saturated carbocycles. The van der Waals surface area contributed by atoms with Crippen molar-refractivity contribution in [2.45, 2.75) is 55.2 Å². The lowest BCUT2D eigenvalue weighted by molar-refractivity contribution is 0.348. The van der Waals surface area contributed by atoms with Crippen LogP contribution in [0.2, 0.25) is 0 Å². The van der Waals surface area contributed by atoms with Gasteiger partial charge in [-0.1, -0.05) is 30.5 Å². The molecule has 198 valence electrons. The van der Waals surface area contributed by atoms with E-state index in [0.29, 0.717) is 26.2 Å². The Morgan fingerprint density at radius 1 is 0.639 bits per heavy atom. The van der Waals surface area contributed by atoms with Gasteiger partial charge in [-0.3, -0.25) is 9.44 Å². The van der Waals surface area contributed by atoms with Gasteiger partial charge in [-0.05, 0) is 62.9 Å². The molecule has 2 fully saturated rings. The highest BCUT2D eigenvalue weighted by Gasteiger charge is 2.30. The molecule has 2 aromatic rings. The maximum Gasteiger partial charge on any atom is 0.301 e. The van der Waals surface area contributed by atoms with E-state index in [-0.39, 0.29) is 21.2 Å². The smallest absolute Gasteiger partial charge is 0.271 e. The minimum absolute atomic E-state index is 0.0254. The van der Waals surface area contributed by atoms with Gasteiger partial charge < -0.3 is 0 Å². The molecule has 2 aliphatic rings. The molecule has 2 aliphatic heterocycles. The van der Waals surface area contributed by atoms with Crippen LogP contribution in [0.25, 0.3) is 0 Å². The minimum Gasteiger partial charge on any atom is -0.271 e. The van der Waals surface area contributed by atoms with E-state index in [1.165, 1.54) is 38.9 Å². The van der Waals surface area contributed by atoms with Crippen molar-refractivity contribution in [3.63, 3.8) is 0 Å². The predicted octanol–water partition coefficient (Wildman–Crippen LogP) is 3.11. The van der Waals surface area contributed by atoms with Gasteiger partial charge in [0.1, 0.15) is 0 Å². The topological polar surface area (TPSA) is 133 Å². The average molecular weight is 557 g/mol. The Balaban J connectivity index is 1.73. The second-order valence-corrected chi connectivity index (χ2v) is 14.4. The summed E-state index contributed by atoms with van der Waals surface area (Å²) in [7, 11) is -12.1. The third kappa shape index (κ3) is 6.02. The van der Waals surface area contributed by atoms with Crippen molar-refractivity contribution in [3.8, 4) is 0 Å². The van der Waals surface area contributed by atoms with Crippen molar-refractivity contribution < 1.29 is 25.3 Å². The number of hydrogen-bond donors (Lipinski definition) is 2. The number of benzene rings is 2. The van der Waals surface area contributed by atoms with E-state index < -0.39 is 30.3 Å². The Hall–Kier alpha value is -2.19. The number of hydrogen-bond acceptors (Lipinski definition) is 6. The van der Waals surface area contributed by atoms with Gasteiger partial charge in [-0.2, -0.15) is 25.4 Å². The first-order valence-corrected chi connectivity index (χ1v) is 16.4. The third-order valence-corrected chi connectivity index (χ3v) is 11.3. The molecule has 2 saturated heterocycles. The van der Waals surface area contributed by atoms with Crippen molar-refractivity contribution in [2.24, 2.45) is 0 Å². The summed E-state index contributed by atoms with van der Waals surface area (Å²) in [5.41, 5.74) is 0.761. The summed E-state index contributed by atoms with van der Waals surface area (Å²) in [5, 5.41) is 0. The van der Waals surface area contributed by atoms with Crippen LogP contribution in [-0.2, 0) is 30.3 Å². The van der Waals surface area contributed by atoms with Crippen LogP contribution in [-0.4, -0.2) is 60.0 Å². The molecule has 0 unspecified atom stereocenters. The number of nitrogens with one attached hydrogen (secondary N) is 2. The lowest BCUT2D eigenvalue weighted by Gasteiger charge is -2.27. The largest absolute Gasteiger partial charge is 0.301 e. The standard InChI is InChI=1S/C23H32N4O6S3/c1-19-8-11-21(12-9-19)34(28,29)23-18-20(24-35(30,31)26-14-4-2-5-15-26)10-13-22(23)25-36(32,33)27-16-6-3-7-17-27/h8-13,18,24-25H,2-7,14-17H2,1H3. The maximum atomic E-state index is 13.6. The molecule has 13 heteroatoms. The first-order valence-electron chi connectivity index (χ1n) is 12.0. The summed E-state index contributed by atoms with van der Waals surface area (Å²) in [5.74, 6) is 0. The van der Waals surface area contributed by atoms with Gasteiger partial charge >= 0.3 is 20.4 Å². The second kappa shape index (κ2) is 10.7. The van der Waals surface area contributed by atoms with Crippen LogP contribution in [0.15, 0.2) is 52.3 Å². The van der Waals surface area contributed by atoms with Gasteiger partial charge in [-0.25, -0.2) is 8.42 Å². The Bertz CT molecular complexity index is 1400. The molecule has 0 aromatic heterocycles. The number of anilines is 2. The van der Waals surface area contributed by atoms with Crippen molar-refractivity contribution in [3.05, 3.63) is 48.0 Å². The van der Waals surface area contributed by atoms with Crippen LogP contribution in [0.1, 0.15) is 44.1 Å².